The van der Waals surface area contributed by atoms with Crippen molar-refractivity contribution in [1.82, 2.24) is 15.1 Å². The van der Waals surface area contributed by atoms with E-state index >= 15 is 0 Å². The highest BCUT2D eigenvalue weighted by Gasteiger charge is 2.22. The minimum atomic E-state index is 0.337. The number of aryl methyl sites for hydroxylation is 2. The Kier molecular flexibility index (Phi) is 4.54. The monoisotopic (exact) mass is 223 g/mol. The van der Waals surface area contributed by atoms with Crippen molar-refractivity contribution in [2.75, 3.05) is 7.05 Å². The second-order valence-electron chi connectivity index (χ2n) is 5.62. The summed E-state index contributed by atoms with van der Waals surface area (Å²) in [5.74, 6) is 0. The molecule has 0 aliphatic rings. The molecule has 1 heterocycles. The van der Waals surface area contributed by atoms with E-state index in [1.54, 1.807) is 0 Å². The molecule has 0 saturated carbocycles. The van der Waals surface area contributed by atoms with Gasteiger partial charge in [-0.25, -0.2) is 0 Å². The Morgan fingerprint density at radius 1 is 1.44 bits per heavy atom. The molecule has 16 heavy (non-hydrogen) atoms. The van der Waals surface area contributed by atoms with E-state index in [-0.39, 0.29) is 0 Å². The largest absolute Gasteiger partial charge is 0.316 e. The molecule has 0 radical (unpaired) electrons. The van der Waals surface area contributed by atoms with Gasteiger partial charge in [-0.2, -0.15) is 5.10 Å². The van der Waals surface area contributed by atoms with Crippen LogP contribution in [0.2, 0.25) is 0 Å². The lowest BCUT2D eigenvalue weighted by Gasteiger charge is -2.30. The standard InChI is InChI=1S/C13H25N3/c1-13(2,3)12(14-4)8-6-7-11-9-15-16(5)10-11/h9-10,12,14H,6-8H2,1-5H3. The average molecular weight is 223 g/mol. The second kappa shape index (κ2) is 5.48. The van der Waals surface area contributed by atoms with Crippen molar-refractivity contribution in [1.29, 1.82) is 0 Å². The van der Waals surface area contributed by atoms with Gasteiger partial charge in [0, 0.05) is 19.3 Å². The van der Waals surface area contributed by atoms with E-state index in [9.17, 15) is 0 Å². The zero-order valence-electron chi connectivity index (χ0n) is 11.2. The van der Waals surface area contributed by atoms with Crippen LogP contribution in [0.5, 0.6) is 0 Å². The predicted octanol–water partition coefficient (Wildman–Crippen LogP) is 2.38. The average Bonchev–Trinajstić information content (AvgIpc) is 2.57. The maximum atomic E-state index is 4.18. The Morgan fingerprint density at radius 2 is 2.12 bits per heavy atom. The first kappa shape index (κ1) is 13.2. The molecule has 0 bridgehead atoms. The van der Waals surface area contributed by atoms with Crippen LogP contribution in [0, 0.1) is 5.41 Å². The molecule has 3 heteroatoms. The number of hydrogen-bond acceptors (Lipinski definition) is 2. The Morgan fingerprint density at radius 3 is 2.56 bits per heavy atom. The summed E-state index contributed by atoms with van der Waals surface area (Å²) >= 11 is 0. The van der Waals surface area contributed by atoms with Crippen molar-refractivity contribution in [3.05, 3.63) is 18.0 Å². The molecule has 0 amide bonds. The highest BCUT2D eigenvalue weighted by atomic mass is 15.2. The van der Waals surface area contributed by atoms with Gasteiger partial charge in [-0.1, -0.05) is 20.8 Å². The molecule has 0 aliphatic carbocycles. The molecule has 0 aromatic carbocycles. The fourth-order valence-corrected chi connectivity index (χ4v) is 2.12. The van der Waals surface area contributed by atoms with Gasteiger partial charge in [0.05, 0.1) is 6.20 Å². The summed E-state index contributed by atoms with van der Waals surface area (Å²) in [4.78, 5) is 0. The van der Waals surface area contributed by atoms with Gasteiger partial charge in [0.15, 0.2) is 0 Å². The van der Waals surface area contributed by atoms with Gasteiger partial charge in [-0.05, 0) is 37.3 Å². The van der Waals surface area contributed by atoms with Crippen LogP contribution in [0.15, 0.2) is 12.4 Å². The van der Waals surface area contributed by atoms with Crippen molar-refractivity contribution in [3.8, 4) is 0 Å². The van der Waals surface area contributed by atoms with Crippen molar-refractivity contribution in [2.45, 2.75) is 46.1 Å². The molecular weight excluding hydrogens is 198 g/mol. The van der Waals surface area contributed by atoms with Crippen LogP contribution < -0.4 is 5.32 Å². The van der Waals surface area contributed by atoms with Crippen LogP contribution in [0.4, 0.5) is 0 Å². The van der Waals surface area contributed by atoms with E-state index in [0.29, 0.717) is 11.5 Å². The zero-order chi connectivity index (χ0) is 12.2. The number of rotatable bonds is 5. The van der Waals surface area contributed by atoms with Crippen LogP contribution in [-0.4, -0.2) is 22.9 Å². The summed E-state index contributed by atoms with van der Waals surface area (Å²) in [6, 6.07) is 0.587. The summed E-state index contributed by atoms with van der Waals surface area (Å²) in [6.45, 7) is 6.87. The summed E-state index contributed by atoms with van der Waals surface area (Å²) in [6.07, 6.45) is 7.63. The topological polar surface area (TPSA) is 29.9 Å². The molecule has 1 N–H and O–H groups in total. The Labute approximate surface area is 99.2 Å². The van der Waals surface area contributed by atoms with E-state index in [1.807, 2.05) is 17.9 Å². The lowest BCUT2D eigenvalue weighted by Crippen LogP contribution is -2.37. The van der Waals surface area contributed by atoms with Crippen LogP contribution >= 0.6 is 0 Å². The van der Waals surface area contributed by atoms with Crippen LogP contribution in [0.3, 0.4) is 0 Å². The second-order valence-corrected chi connectivity index (χ2v) is 5.62. The fraction of sp³-hybridized carbons (Fsp3) is 0.769. The third-order valence-electron chi connectivity index (χ3n) is 3.11. The Balaban J connectivity index is 2.34. The van der Waals surface area contributed by atoms with Crippen molar-refractivity contribution >= 4 is 0 Å². The van der Waals surface area contributed by atoms with E-state index in [0.717, 1.165) is 6.42 Å². The number of nitrogens with zero attached hydrogens (tertiary/aromatic N) is 2. The van der Waals surface area contributed by atoms with Crippen LogP contribution in [0.1, 0.15) is 39.2 Å². The SMILES string of the molecule is CNC(CCCc1cnn(C)c1)C(C)(C)C. The maximum absolute atomic E-state index is 4.18. The molecule has 1 unspecified atom stereocenters. The lowest BCUT2D eigenvalue weighted by atomic mass is 9.83. The number of nitrogens with one attached hydrogen (secondary N) is 1. The van der Waals surface area contributed by atoms with Gasteiger partial charge in [-0.15, -0.1) is 0 Å². The normalized spacial score (nSPS) is 14.1. The molecule has 0 saturated heterocycles. The molecule has 1 aromatic rings. The van der Waals surface area contributed by atoms with Gasteiger partial charge in [0.25, 0.3) is 0 Å². The first-order valence-corrected chi connectivity index (χ1v) is 6.08. The third kappa shape index (κ3) is 3.97. The Hall–Kier alpha value is -0.830. The first-order chi connectivity index (χ1) is 7.43. The molecule has 3 nitrogen and oxygen atoms in total. The fourth-order valence-electron chi connectivity index (χ4n) is 2.12. The third-order valence-corrected chi connectivity index (χ3v) is 3.11. The lowest BCUT2D eigenvalue weighted by molar-refractivity contribution is 0.263. The quantitative estimate of drug-likeness (QED) is 0.830. The van der Waals surface area contributed by atoms with E-state index < -0.39 is 0 Å². The Bertz CT molecular complexity index is 309. The predicted molar refractivity (Wildman–Crippen MR) is 68.4 cm³/mol. The summed E-state index contributed by atoms with van der Waals surface area (Å²) in [7, 11) is 4.02. The molecule has 92 valence electrons. The first-order valence-electron chi connectivity index (χ1n) is 6.08. The number of aromatic nitrogens is 2. The molecule has 1 atom stereocenters. The van der Waals surface area contributed by atoms with Crippen molar-refractivity contribution < 1.29 is 0 Å². The highest BCUT2D eigenvalue weighted by molar-refractivity contribution is 5.03. The van der Waals surface area contributed by atoms with E-state index in [2.05, 4.69) is 44.4 Å². The van der Waals surface area contributed by atoms with Gasteiger partial charge >= 0.3 is 0 Å². The molecule has 0 fully saturated rings. The minimum Gasteiger partial charge on any atom is -0.316 e. The van der Waals surface area contributed by atoms with E-state index in [4.69, 9.17) is 0 Å². The zero-order valence-corrected chi connectivity index (χ0v) is 11.2. The number of hydrogen-bond donors (Lipinski definition) is 1. The van der Waals surface area contributed by atoms with E-state index in [1.165, 1.54) is 18.4 Å². The van der Waals surface area contributed by atoms with Gasteiger partial charge < -0.3 is 5.32 Å². The van der Waals surface area contributed by atoms with Crippen LogP contribution in [-0.2, 0) is 13.5 Å². The maximum Gasteiger partial charge on any atom is 0.0521 e. The summed E-state index contributed by atoms with van der Waals surface area (Å²) in [5, 5.41) is 7.60. The molecule has 1 aromatic heterocycles. The summed E-state index contributed by atoms with van der Waals surface area (Å²) < 4.78 is 1.87. The highest BCUT2D eigenvalue weighted by Crippen LogP contribution is 2.23. The summed E-state index contributed by atoms with van der Waals surface area (Å²) in [5.41, 5.74) is 1.68. The van der Waals surface area contributed by atoms with Gasteiger partial charge in [0.2, 0.25) is 0 Å². The minimum absolute atomic E-state index is 0.337. The van der Waals surface area contributed by atoms with Gasteiger partial charge in [-0.3, -0.25) is 4.68 Å². The molecule has 1 rings (SSSR count). The van der Waals surface area contributed by atoms with Gasteiger partial charge in [0.1, 0.15) is 0 Å². The smallest absolute Gasteiger partial charge is 0.0521 e. The van der Waals surface area contributed by atoms with Crippen molar-refractivity contribution in [2.24, 2.45) is 12.5 Å². The van der Waals surface area contributed by atoms with Crippen molar-refractivity contribution in [3.63, 3.8) is 0 Å². The molecule has 0 spiro atoms. The van der Waals surface area contributed by atoms with Crippen LogP contribution in [0.25, 0.3) is 0 Å². The molecular formula is C13H25N3. The molecule has 0 aliphatic heterocycles.